The first-order valence-electron chi connectivity index (χ1n) is 7.36. The molecule has 136 valence electrons. The summed E-state index contributed by atoms with van der Waals surface area (Å²) in [5.74, 6) is -2.24. The summed E-state index contributed by atoms with van der Waals surface area (Å²) in [5.41, 5.74) is 6.42. The number of amides is 2. The first-order valence-corrected chi connectivity index (χ1v) is 9.25. The van der Waals surface area contributed by atoms with Crippen molar-refractivity contribution in [1.82, 2.24) is 0 Å². The molecule has 0 bridgehead atoms. The molecular weight excluding hydrogens is 441 g/mol. The molecule has 0 saturated heterocycles. The van der Waals surface area contributed by atoms with Gasteiger partial charge < -0.3 is 11.1 Å². The Hall–Kier alpha value is -1.17. The van der Waals surface area contributed by atoms with Crippen LogP contribution in [0.2, 0.25) is 15.1 Å². The standard InChI is InChI=1S/C17H11Cl5N2O2/c18-10-4-2-8(6-9(10)15(23)25)24-16(26)14-13(17(14,21)22)7-1-3-11(19)12(20)5-7/h1-6,13-14H,(H2,23,25)(H,24,26). The second kappa shape index (κ2) is 7.10. The fraction of sp³-hybridized carbons (Fsp3) is 0.176. The molecule has 2 aromatic carbocycles. The Morgan fingerprint density at radius 2 is 1.62 bits per heavy atom. The van der Waals surface area contributed by atoms with Crippen molar-refractivity contribution in [2.75, 3.05) is 5.32 Å². The van der Waals surface area contributed by atoms with E-state index in [-0.39, 0.29) is 10.6 Å². The van der Waals surface area contributed by atoms with Crippen LogP contribution < -0.4 is 11.1 Å². The number of rotatable bonds is 4. The highest BCUT2D eigenvalue weighted by Gasteiger charge is 2.67. The van der Waals surface area contributed by atoms with Crippen molar-refractivity contribution >= 4 is 75.5 Å². The van der Waals surface area contributed by atoms with Crippen LogP contribution in [0.25, 0.3) is 0 Å². The Kier molecular flexibility index (Phi) is 5.35. The molecule has 0 spiro atoms. The minimum Gasteiger partial charge on any atom is -0.366 e. The number of halogens is 5. The average molecular weight is 453 g/mol. The van der Waals surface area contributed by atoms with E-state index < -0.39 is 28.0 Å². The molecule has 2 unspecified atom stereocenters. The molecule has 4 nitrogen and oxygen atoms in total. The van der Waals surface area contributed by atoms with E-state index in [1.165, 1.54) is 12.1 Å². The Balaban J connectivity index is 1.81. The SMILES string of the molecule is NC(=O)c1cc(NC(=O)C2C(c3ccc(Cl)c(Cl)c3)C2(Cl)Cl)ccc1Cl. The molecule has 0 aromatic heterocycles. The van der Waals surface area contributed by atoms with E-state index in [0.29, 0.717) is 21.3 Å². The van der Waals surface area contributed by atoms with Gasteiger partial charge >= 0.3 is 0 Å². The molecule has 2 amide bonds. The van der Waals surface area contributed by atoms with Crippen LogP contribution in [-0.2, 0) is 4.79 Å². The highest BCUT2D eigenvalue weighted by Crippen LogP contribution is 2.65. The van der Waals surface area contributed by atoms with E-state index in [9.17, 15) is 9.59 Å². The first-order chi connectivity index (χ1) is 12.1. The van der Waals surface area contributed by atoms with Gasteiger partial charge in [-0.1, -0.05) is 40.9 Å². The summed E-state index contributed by atoms with van der Waals surface area (Å²) in [6, 6.07) is 9.38. The molecule has 1 fully saturated rings. The zero-order valence-electron chi connectivity index (χ0n) is 12.9. The first kappa shape index (κ1) is 19.6. The van der Waals surface area contributed by atoms with Crippen LogP contribution in [0.3, 0.4) is 0 Å². The maximum atomic E-state index is 12.6. The number of nitrogens with two attached hydrogens (primary N) is 1. The Morgan fingerprint density at radius 1 is 0.962 bits per heavy atom. The third-order valence-electron chi connectivity index (χ3n) is 4.14. The Bertz CT molecular complexity index is 916. The summed E-state index contributed by atoms with van der Waals surface area (Å²) in [4.78, 5) is 24.0. The maximum absolute atomic E-state index is 12.6. The van der Waals surface area contributed by atoms with Crippen molar-refractivity contribution in [3.63, 3.8) is 0 Å². The number of primary amides is 1. The smallest absolute Gasteiger partial charge is 0.250 e. The van der Waals surface area contributed by atoms with E-state index in [4.69, 9.17) is 63.7 Å². The fourth-order valence-corrected chi connectivity index (χ4v) is 4.13. The predicted molar refractivity (Wildman–Crippen MR) is 106 cm³/mol. The van der Waals surface area contributed by atoms with Crippen molar-refractivity contribution in [2.45, 2.75) is 10.3 Å². The average Bonchev–Trinajstić information content (AvgIpc) is 3.14. The predicted octanol–water partition coefficient (Wildman–Crippen LogP) is 5.27. The van der Waals surface area contributed by atoms with Gasteiger partial charge in [0.2, 0.25) is 11.8 Å². The van der Waals surface area contributed by atoms with Crippen LogP contribution >= 0.6 is 58.0 Å². The monoisotopic (exact) mass is 450 g/mol. The minimum absolute atomic E-state index is 0.101. The van der Waals surface area contributed by atoms with Gasteiger partial charge in [0.1, 0.15) is 4.33 Å². The number of benzene rings is 2. The van der Waals surface area contributed by atoms with E-state index >= 15 is 0 Å². The third-order valence-corrected chi connectivity index (χ3v) is 6.15. The van der Waals surface area contributed by atoms with Gasteiger partial charge in [0.15, 0.2) is 0 Å². The molecular formula is C17H11Cl5N2O2. The number of anilines is 1. The second-order valence-electron chi connectivity index (χ2n) is 5.85. The fourth-order valence-electron chi connectivity index (χ4n) is 2.79. The molecule has 0 radical (unpaired) electrons. The summed E-state index contributed by atoms with van der Waals surface area (Å²) in [5, 5.41) is 3.61. The van der Waals surface area contributed by atoms with Crippen LogP contribution in [-0.4, -0.2) is 16.1 Å². The third kappa shape index (κ3) is 3.62. The molecule has 3 rings (SSSR count). The van der Waals surface area contributed by atoms with Gasteiger partial charge in [0.05, 0.1) is 26.5 Å². The van der Waals surface area contributed by atoms with Gasteiger partial charge in [-0.2, -0.15) is 0 Å². The maximum Gasteiger partial charge on any atom is 0.250 e. The van der Waals surface area contributed by atoms with Crippen LogP contribution in [0, 0.1) is 5.92 Å². The molecule has 0 aliphatic heterocycles. The number of carbonyl (C=O) groups is 2. The molecule has 0 heterocycles. The van der Waals surface area contributed by atoms with Crippen molar-refractivity contribution in [1.29, 1.82) is 0 Å². The molecule has 1 aliphatic rings. The number of hydrogen-bond acceptors (Lipinski definition) is 2. The molecule has 2 aromatic rings. The molecule has 3 N–H and O–H groups in total. The lowest BCUT2D eigenvalue weighted by molar-refractivity contribution is -0.117. The van der Waals surface area contributed by atoms with Crippen molar-refractivity contribution in [3.05, 3.63) is 62.6 Å². The molecule has 2 atom stereocenters. The van der Waals surface area contributed by atoms with Crippen LogP contribution in [0.5, 0.6) is 0 Å². The zero-order valence-corrected chi connectivity index (χ0v) is 16.7. The van der Waals surface area contributed by atoms with Crippen molar-refractivity contribution in [2.24, 2.45) is 11.7 Å². The second-order valence-corrected chi connectivity index (χ2v) is 8.52. The lowest BCUT2D eigenvalue weighted by Gasteiger charge is -2.07. The van der Waals surface area contributed by atoms with Crippen LogP contribution in [0.15, 0.2) is 36.4 Å². The number of nitrogens with one attached hydrogen (secondary N) is 1. The summed E-state index contributed by atoms with van der Waals surface area (Å²) >= 11 is 30.4. The van der Waals surface area contributed by atoms with Gasteiger partial charge in [-0.25, -0.2) is 0 Å². The Labute approximate surface area is 174 Å². The van der Waals surface area contributed by atoms with Crippen molar-refractivity contribution < 1.29 is 9.59 Å². The van der Waals surface area contributed by atoms with Gasteiger partial charge in [0, 0.05) is 11.6 Å². The summed E-state index contributed by atoms with van der Waals surface area (Å²) in [7, 11) is 0. The minimum atomic E-state index is -1.28. The number of carbonyl (C=O) groups excluding carboxylic acids is 2. The molecule has 1 saturated carbocycles. The van der Waals surface area contributed by atoms with Gasteiger partial charge in [-0.15, -0.1) is 23.2 Å². The van der Waals surface area contributed by atoms with E-state index in [2.05, 4.69) is 5.32 Å². The normalized spacial score (nSPS) is 20.5. The molecule has 1 aliphatic carbocycles. The van der Waals surface area contributed by atoms with E-state index in [0.717, 1.165) is 0 Å². The highest BCUT2D eigenvalue weighted by atomic mass is 35.5. The van der Waals surface area contributed by atoms with E-state index in [1.807, 2.05) is 0 Å². The largest absolute Gasteiger partial charge is 0.366 e. The van der Waals surface area contributed by atoms with Gasteiger partial charge in [0.25, 0.3) is 0 Å². The zero-order chi connectivity index (χ0) is 19.2. The summed E-state index contributed by atoms with van der Waals surface area (Å²) < 4.78 is -1.28. The molecule has 9 heteroatoms. The van der Waals surface area contributed by atoms with Gasteiger partial charge in [-0.3, -0.25) is 9.59 Å². The van der Waals surface area contributed by atoms with Gasteiger partial charge in [-0.05, 0) is 35.9 Å². The van der Waals surface area contributed by atoms with Crippen LogP contribution in [0.1, 0.15) is 21.8 Å². The summed E-state index contributed by atoms with van der Waals surface area (Å²) in [6.07, 6.45) is 0. The number of hydrogen-bond donors (Lipinski definition) is 2. The van der Waals surface area contributed by atoms with Crippen molar-refractivity contribution in [3.8, 4) is 0 Å². The lowest BCUT2D eigenvalue weighted by Crippen LogP contribution is -2.18. The number of alkyl halides is 2. The summed E-state index contributed by atoms with van der Waals surface area (Å²) in [6.45, 7) is 0. The van der Waals surface area contributed by atoms with E-state index in [1.54, 1.807) is 24.3 Å². The molecule has 26 heavy (non-hydrogen) atoms. The quantitative estimate of drug-likeness (QED) is 0.620. The van der Waals surface area contributed by atoms with Crippen LogP contribution in [0.4, 0.5) is 5.69 Å². The lowest BCUT2D eigenvalue weighted by atomic mass is 10.1. The Morgan fingerprint density at radius 3 is 2.23 bits per heavy atom. The highest BCUT2D eigenvalue weighted by molar-refractivity contribution is 6.53. The topological polar surface area (TPSA) is 72.2 Å².